The number of rotatable bonds is 1. The van der Waals surface area contributed by atoms with Crippen LogP contribution in [0.25, 0.3) is 11.0 Å². The van der Waals surface area contributed by atoms with E-state index < -0.39 is 0 Å². The number of nitrogens with two attached hydrogens (primary N) is 1. The normalized spacial score (nSPS) is 9.75. The maximum absolute atomic E-state index is 5.39. The van der Waals surface area contributed by atoms with Crippen LogP contribution in [0.1, 0.15) is 5.82 Å². The third kappa shape index (κ3) is 1.71. The summed E-state index contributed by atoms with van der Waals surface area (Å²) in [6, 6.07) is 7.75. The van der Waals surface area contributed by atoms with Gasteiger partial charge in [-0.05, 0) is 11.0 Å². The Morgan fingerprint density at radius 2 is 2.08 bits per heavy atom. The van der Waals surface area contributed by atoms with E-state index in [1.807, 2.05) is 24.3 Å². The Bertz CT molecular complexity index is 336. The van der Waals surface area contributed by atoms with E-state index in [-0.39, 0.29) is 31.1 Å². The summed E-state index contributed by atoms with van der Waals surface area (Å²) in [6.45, 7) is 0.411. The van der Waals surface area contributed by atoms with Crippen molar-refractivity contribution in [3.05, 3.63) is 30.1 Å². The van der Waals surface area contributed by atoms with Crippen LogP contribution in [0.2, 0.25) is 0 Å². The summed E-state index contributed by atoms with van der Waals surface area (Å²) in [4.78, 5) is 8.39. The van der Waals surface area contributed by atoms with Gasteiger partial charge in [-0.3, -0.25) is 0 Å². The summed E-state index contributed by atoms with van der Waals surface area (Å²) >= 11 is 0. The first-order valence-corrected chi connectivity index (χ1v) is 3.48. The number of fused-ring (bicyclic) bond motifs is 1. The number of nitrogens with zero attached hydrogens (tertiary/aromatic N) is 2. The van der Waals surface area contributed by atoms with Crippen LogP contribution in [0.15, 0.2) is 24.3 Å². The third-order valence-corrected chi connectivity index (χ3v) is 1.56. The molecule has 12 heavy (non-hydrogen) atoms. The minimum atomic E-state index is 0. The van der Waals surface area contributed by atoms with Crippen LogP contribution in [-0.4, -0.2) is 4.98 Å². The van der Waals surface area contributed by atoms with Crippen LogP contribution in [0, 0.1) is 31.1 Å². The van der Waals surface area contributed by atoms with E-state index in [9.17, 15) is 0 Å². The van der Waals surface area contributed by atoms with E-state index in [2.05, 4.69) is 9.97 Å². The molecular weight excluding hydrogens is 376 g/mol. The molecule has 60 valence electrons. The van der Waals surface area contributed by atoms with Gasteiger partial charge in [0, 0.05) is 37.7 Å². The first-order chi connectivity index (χ1) is 5.40. The van der Waals surface area contributed by atoms with Crippen LogP contribution >= 0.6 is 0 Å². The summed E-state index contributed by atoms with van der Waals surface area (Å²) in [5.74, 6) is 0.714. The maximum Gasteiger partial charge on any atom is 0.0100 e. The number of hydrogen-bond acceptors (Lipinski definition) is 2. The van der Waals surface area contributed by atoms with Gasteiger partial charge < -0.3 is 15.7 Å². The Labute approximate surface area is 94.1 Å². The first-order valence-electron chi connectivity index (χ1n) is 3.48. The minimum Gasteiger partial charge on any atom is -0.438 e. The van der Waals surface area contributed by atoms with E-state index in [4.69, 9.17) is 5.73 Å². The van der Waals surface area contributed by atoms with Gasteiger partial charge in [-0.2, -0.15) is 0 Å². The molecule has 0 saturated carbocycles. The summed E-state index contributed by atoms with van der Waals surface area (Å²) in [7, 11) is 0. The molecule has 0 atom stereocenters. The molecule has 1 aromatic heterocycles. The van der Waals surface area contributed by atoms with Crippen molar-refractivity contribution in [2.24, 2.45) is 5.73 Å². The van der Waals surface area contributed by atoms with Crippen LogP contribution in [0.4, 0.5) is 0 Å². The zero-order valence-electron chi connectivity index (χ0n) is 6.49. The van der Waals surface area contributed by atoms with E-state index in [1.54, 1.807) is 0 Å². The molecule has 2 N–H and O–H groups in total. The summed E-state index contributed by atoms with van der Waals surface area (Å²) in [5, 5.41) is 0. The number of para-hydroxylation sites is 2. The molecule has 1 heterocycles. The Morgan fingerprint density at radius 3 is 2.75 bits per heavy atom. The Morgan fingerprint density at radius 1 is 1.33 bits per heavy atom. The molecule has 0 aliphatic heterocycles. The summed E-state index contributed by atoms with van der Waals surface area (Å²) in [5.41, 5.74) is 7.24. The van der Waals surface area contributed by atoms with Gasteiger partial charge in [-0.25, -0.2) is 0 Å². The molecule has 0 radical (unpaired) electrons. The average Bonchev–Trinajstić information content (AvgIpc) is 2.46. The Hall–Kier alpha value is -0.298. The predicted octanol–water partition coefficient (Wildman–Crippen LogP) is 0.651. The van der Waals surface area contributed by atoms with Crippen molar-refractivity contribution in [1.82, 2.24) is 9.97 Å². The molecule has 0 fully saturated rings. The van der Waals surface area contributed by atoms with Crippen LogP contribution in [0.5, 0.6) is 0 Å². The van der Waals surface area contributed by atoms with Crippen LogP contribution in [0.3, 0.4) is 0 Å². The smallest absolute Gasteiger partial charge is 0.0100 e. The Kier molecular flexibility index (Phi) is 3.33. The van der Waals surface area contributed by atoms with Crippen molar-refractivity contribution in [3.8, 4) is 0 Å². The van der Waals surface area contributed by atoms with E-state index in [1.165, 1.54) is 0 Å². The number of aromatic nitrogens is 2. The van der Waals surface area contributed by atoms with Gasteiger partial charge in [0.1, 0.15) is 0 Å². The average molecular weight is 384 g/mol. The molecule has 2 rings (SSSR count). The molecule has 0 aliphatic carbocycles. The van der Waals surface area contributed by atoms with Crippen molar-refractivity contribution in [1.29, 1.82) is 0 Å². The molecule has 0 bridgehead atoms. The minimum absolute atomic E-state index is 0. The van der Waals surface area contributed by atoms with Crippen LogP contribution in [-0.2, 0) is 6.54 Å². The fourth-order valence-electron chi connectivity index (χ4n) is 1.05. The second-order valence-corrected chi connectivity index (χ2v) is 2.33. The number of hydrogen-bond donors (Lipinski definition) is 1. The van der Waals surface area contributed by atoms with Crippen molar-refractivity contribution >= 4 is 11.0 Å². The van der Waals surface area contributed by atoms with Gasteiger partial charge in [0.15, 0.2) is 0 Å². The molecular formula is C8H8N3U-. The van der Waals surface area contributed by atoms with Gasteiger partial charge in [0.25, 0.3) is 0 Å². The Balaban J connectivity index is 0.000000720. The summed E-state index contributed by atoms with van der Waals surface area (Å²) in [6.07, 6.45) is 0. The van der Waals surface area contributed by atoms with E-state index in [0.717, 1.165) is 11.0 Å². The molecule has 3 nitrogen and oxygen atoms in total. The second kappa shape index (κ2) is 4.09. The molecule has 0 amide bonds. The fraction of sp³-hybridized carbons (Fsp3) is 0.125. The second-order valence-electron chi connectivity index (χ2n) is 2.33. The molecule has 0 unspecified atom stereocenters. The molecule has 1 aromatic carbocycles. The van der Waals surface area contributed by atoms with Gasteiger partial charge in [-0.15, -0.1) is 0 Å². The van der Waals surface area contributed by atoms with Gasteiger partial charge >= 0.3 is 0 Å². The van der Waals surface area contributed by atoms with E-state index in [0.29, 0.717) is 12.4 Å². The van der Waals surface area contributed by atoms with Crippen molar-refractivity contribution in [3.63, 3.8) is 0 Å². The zero-order valence-corrected chi connectivity index (χ0v) is 10.7. The largest absolute Gasteiger partial charge is 0.438 e. The standard InChI is InChI=1S/C8H8N3.U/c9-5-8-10-6-3-1-2-4-7(6)11-8;/h1-4H,5,9H2;/q-1;. The van der Waals surface area contributed by atoms with Gasteiger partial charge in [0.2, 0.25) is 0 Å². The molecule has 0 saturated heterocycles. The van der Waals surface area contributed by atoms with Gasteiger partial charge in [0.05, 0.1) is 0 Å². The van der Waals surface area contributed by atoms with Crippen molar-refractivity contribution in [2.45, 2.75) is 6.54 Å². The zero-order chi connectivity index (χ0) is 7.68. The number of benzene rings is 1. The third-order valence-electron chi connectivity index (χ3n) is 1.56. The molecule has 0 spiro atoms. The molecule has 2 aromatic rings. The van der Waals surface area contributed by atoms with Gasteiger partial charge in [-0.1, -0.05) is 30.1 Å². The summed E-state index contributed by atoms with van der Waals surface area (Å²) < 4.78 is 0. The SMILES string of the molecule is NCc1nc2ccccc2[n-]1.[U]. The van der Waals surface area contributed by atoms with Crippen molar-refractivity contribution in [2.75, 3.05) is 0 Å². The first kappa shape index (κ1) is 9.79. The topological polar surface area (TPSA) is 53.0 Å². The number of imidazole rings is 1. The monoisotopic (exact) mass is 384 g/mol. The van der Waals surface area contributed by atoms with Crippen molar-refractivity contribution < 1.29 is 31.1 Å². The van der Waals surface area contributed by atoms with Crippen LogP contribution < -0.4 is 10.7 Å². The maximum atomic E-state index is 5.39. The fourth-order valence-corrected chi connectivity index (χ4v) is 1.05. The molecule has 4 heteroatoms. The predicted molar refractivity (Wildman–Crippen MR) is 43.0 cm³/mol. The molecule has 0 aliphatic rings. The quantitative estimate of drug-likeness (QED) is 0.786. The van der Waals surface area contributed by atoms with E-state index >= 15 is 0 Å².